The molecule has 3 unspecified atom stereocenters. The maximum atomic E-state index is 6.06. The van der Waals surface area contributed by atoms with E-state index in [2.05, 4.69) is 30.9 Å². The molecule has 16 heavy (non-hydrogen) atoms. The van der Waals surface area contributed by atoms with Gasteiger partial charge in [-0.25, -0.2) is 0 Å². The van der Waals surface area contributed by atoms with E-state index in [0.717, 1.165) is 19.1 Å². The van der Waals surface area contributed by atoms with E-state index in [1.807, 2.05) is 0 Å². The van der Waals surface area contributed by atoms with Gasteiger partial charge in [0.15, 0.2) is 0 Å². The molecule has 2 fully saturated rings. The first-order valence-electron chi connectivity index (χ1n) is 6.71. The summed E-state index contributed by atoms with van der Waals surface area (Å²) < 4.78 is 6.06. The van der Waals surface area contributed by atoms with E-state index in [9.17, 15) is 0 Å². The highest BCUT2D eigenvalue weighted by Gasteiger charge is 2.41. The van der Waals surface area contributed by atoms with Crippen molar-refractivity contribution in [3.05, 3.63) is 0 Å². The van der Waals surface area contributed by atoms with Gasteiger partial charge in [-0.15, -0.1) is 0 Å². The predicted molar refractivity (Wildman–Crippen MR) is 71.1 cm³/mol. The second kappa shape index (κ2) is 5.74. The fourth-order valence-corrected chi connectivity index (χ4v) is 4.27. The molecule has 0 aliphatic carbocycles. The van der Waals surface area contributed by atoms with E-state index in [4.69, 9.17) is 4.74 Å². The molecule has 1 N–H and O–H groups in total. The average Bonchev–Trinajstić information content (AvgIpc) is 2.74. The molecule has 2 rings (SSSR count). The van der Waals surface area contributed by atoms with Crippen LogP contribution in [-0.4, -0.2) is 36.3 Å². The van der Waals surface area contributed by atoms with Crippen LogP contribution in [0.5, 0.6) is 0 Å². The smallest absolute Gasteiger partial charge is 0.0783 e. The maximum absolute atomic E-state index is 6.06. The van der Waals surface area contributed by atoms with Crippen LogP contribution in [0, 0.1) is 5.92 Å². The zero-order valence-corrected chi connectivity index (χ0v) is 11.4. The number of nitrogens with one attached hydrogen (secondary N) is 1. The Labute approximate surface area is 104 Å². The van der Waals surface area contributed by atoms with Crippen LogP contribution in [0.4, 0.5) is 0 Å². The highest BCUT2D eigenvalue weighted by Crippen LogP contribution is 2.41. The van der Waals surface area contributed by atoms with E-state index >= 15 is 0 Å². The Morgan fingerprint density at radius 3 is 3.12 bits per heavy atom. The fraction of sp³-hybridized carbons (Fsp3) is 1.00. The highest BCUT2D eigenvalue weighted by molar-refractivity contribution is 7.99. The van der Waals surface area contributed by atoms with Crippen LogP contribution in [-0.2, 0) is 4.74 Å². The molecule has 2 aliphatic heterocycles. The van der Waals surface area contributed by atoms with Crippen LogP contribution in [0.15, 0.2) is 0 Å². The zero-order valence-electron chi connectivity index (χ0n) is 10.6. The van der Waals surface area contributed by atoms with Crippen LogP contribution in [0.3, 0.4) is 0 Å². The van der Waals surface area contributed by atoms with E-state index in [0.29, 0.717) is 6.04 Å². The minimum atomic E-state index is 0.246. The highest BCUT2D eigenvalue weighted by atomic mass is 32.2. The molecule has 0 saturated carbocycles. The summed E-state index contributed by atoms with van der Waals surface area (Å²) in [4.78, 5) is 0. The lowest BCUT2D eigenvalue weighted by molar-refractivity contribution is -0.0841. The number of rotatable bonds is 4. The lowest BCUT2D eigenvalue weighted by Crippen LogP contribution is -2.46. The van der Waals surface area contributed by atoms with Crippen LogP contribution in [0.25, 0.3) is 0 Å². The van der Waals surface area contributed by atoms with Crippen molar-refractivity contribution in [1.29, 1.82) is 0 Å². The maximum Gasteiger partial charge on any atom is 0.0783 e. The van der Waals surface area contributed by atoms with Crippen molar-refractivity contribution in [1.82, 2.24) is 5.32 Å². The fourth-order valence-electron chi connectivity index (χ4n) is 2.89. The van der Waals surface area contributed by atoms with Gasteiger partial charge < -0.3 is 10.1 Å². The minimum absolute atomic E-state index is 0.246. The second-order valence-electron chi connectivity index (χ2n) is 5.33. The summed E-state index contributed by atoms with van der Waals surface area (Å²) in [6.45, 7) is 6.71. The molecule has 94 valence electrons. The summed E-state index contributed by atoms with van der Waals surface area (Å²) in [5.74, 6) is 3.34. The second-order valence-corrected chi connectivity index (χ2v) is 6.43. The van der Waals surface area contributed by atoms with Crippen molar-refractivity contribution >= 4 is 11.8 Å². The summed E-state index contributed by atoms with van der Waals surface area (Å²) in [6.07, 6.45) is 5.02. The van der Waals surface area contributed by atoms with Crippen molar-refractivity contribution in [2.24, 2.45) is 5.92 Å². The molecule has 2 saturated heterocycles. The Kier molecular flexibility index (Phi) is 4.57. The van der Waals surface area contributed by atoms with Crippen LogP contribution in [0.1, 0.15) is 39.5 Å². The summed E-state index contributed by atoms with van der Waals surface area (Å²) in [5.41, 5.74) is 0.246. The van der Waals surface area contributed by atoms with E-state index in [1.165, 1.54) is 37.2 Å². The molecule has 0 bridgehead atoms. The molecule has 2 nitrogen and oxygen atoms in total. The Bertz CT molecular complexity index is 216. The van der Waals surface area contributed by atoms with Gasteiger partial charge in [0.1, 0.15) is 0 Å². The van der Waals surface area contributed by atoms with Gasteiger partial charge in [-0.05, 0) is 50.8 Å². The first-order valence-corrected chi connectivity index (χ1v) is 7.86. The average molecular weight is 243 g/mol. The lowest BCUT2D eigenvalue weighted by Gasteiger charge is -2.40. The third-order valence-corrected chi connectivity index (χ3v) is 5.24. The molecule has 0 aromatic carbocycles. The molecular formula is C13H25NOS. The quantitative estimate of drug-likeness (QED) is 0.820. The molecule has 1 spiro atoms. The van der Waals surface area contributed by atoms with Crippen molar-refractivity contribution in [2.45, 2.75) is 51.2 Å². The van der Waals surface area contributed by atoms with Crippen molar-refractivity contribution < 1.29 is 4.74 Å². The Balaban J connectivity index is 1.85. The predicted octanol–water partition coefficient (Wildman–Crippen LogP) is 2.68. The van der Waals surface area contributed by atoms with Gasteiger partial charge >= 0.3 is 0 Å². The summed E-state index contributed by atoms with van der Waals surface area (Å²) in [7, 11) is 0. The first kappa shape index (κ1) is 12.7. The zero-order chi connectivity index (χ0) is 11.4. The van der Waals surface area contributed by atoms with Crippen molar-refractivity contribution in [2.75, 3.05) is 24.7 Å². The van der Waals surface area contributed by atoms with Gasteiger partial charge in [-0.2, -0.15) is 11.8 Å². The van der Waals surface area contributed by atoms with E-state index in [1.54, 1.807) is 0 Å². The van der Waals surface area contributed by atoms with Crippen LogP contribution in [0.2, 0.25) is 0 Å². The third-order valence-electron chi connectivity index (χ3n) is 4.02. The van der Waals surface area contributed by atoms with Gasteiger partial charge in [0.25, 0.3) is 0 Å². The molecule has 2 heterocycles. The van der Waals surface area contributed by atoms with Gasteiger partial charge in [0.05, 0.1) is 5.60 Å². The van der Waals surface area contributed by atoms with Crippen molar-refractivity contribution in [3.63, 3.8) is 0 Å². The SMILES string of the molecule is CCCNC(C)C1CCOC2(CCSC2)C1. The van der Waals surface area contributed by atoms with E-state index in [-0.39, 0.29) is 5.60 Å². The van der Waals surface area contributed by atoms with Gasteiger partial charge in [0, 0.05) is 18.4 Å². The molecule has 0 aromatic rings. The lowest BCUT2D eigenvalue weighted by atomic mass is 9.82. The third kappa shape index (κ3) is 2.93. The minimum Gasteiger partial charge on any atom is -0.374 e. The Hall–Kier alpha value is 0.270. The summed E-state index contributed by atoms with van der Waals surface area (Å²) >= 11 is 2.07. The van der Waals surface area contributed by atoms with Gasteiger partial charge in [-0.1, -0.05) is 6.92 Å². The Morgan fingerprint density at radius 1 is 1.56 bits per heavy atom. The molecule has 2 aliphatic rings. The Morgan fingerprint density at radius 2 is 2.44 bits per heavy atom. The van der Waals surface area contributed by atoms with Crippen LogP contribution < -0.4 is 5.32 Å². The molecule has 0 aromatic heterocycles. The number of hydrogen-bond donors (Lipinski definition) is 1. The van der Waals surface area contributed by atoms with Crippen molar-refractivity contribution in [3.8, 4) is 0 Å². The van der Waals surface area contributed by atoms with Gasteiger partial charge in [-0.3, -0.25) is 0 Å². The summed E-state index contributed by atoms with van der Waals surface area (Å²) in [6, 6.07) is 0.659. The number of hydrogen-bond acceptors (Lipinski definition) is 3. The summed E-state index contributed by atoms with van der Waals surface area (Å²) in [5, 5.41) is 3.65. The topological polar surface area (TPSA) is 21.3 Å². The number of ether oxygens (including phenoxy) is 1. The number of thioether (sulfide) groups is 1. The van der Waals surface area contributed by atoms with E-state index < -0.39 is 0 Å². The first-order chi connectivity index (χ1) is 7.76. The monoisotopic (exact) mass is 243 g/mol. The molecule has 3 heteroatoms. The molecular weight excluding hydrogens is 218 g/mol. The normalized spacial score (nSPS) is 36.8. The van der Waals surface area contributed by atoms with Crippen LogP contribution >= 0.6 is 11.8 Å². The molecule has 3 atom stereocenters. The molecule has 0 radical (unpaired) electrons. The standard InChI is InChI=1S/C13H25NOS/c1-3-6-14-11(2)12-4-7-15-13(9-12)5-8-16-10-13/h11-12,14H,3-10H2,1-2H3. The largest absolute Gasteiger partial charge is 0.374 e. The van der Waals surface area contributed by atoms with Gasteiger partial charge in [0.2, 0.25) is 0 Å². The molecule has 0 amide bonds.